The van der Waals surface area contributed by atoms with E-state index in [9.17, 15) is 27.9 Å². The number of aliphatic hydroxyl groups excluding tert-OH is 1. The van der Waals surface area contributed by atoms with Gasteiger partial charge >= 0.3 is 12.1 Å². The Bertz CT molecular complexity index is 1020. The summed E-state index contributed by atoms with van der Waals surface area (Å²) in [6, 6.07) is 8.33. The van der Waals surface area contributed by atoms with Crippen molar-refractivity contribution in [1.29, 1.82) is 0 Å². The zero-order valence-corrected chi connectivity index (χ0v) is 19.0. The largest absolute Gasteiger partial charge is 0.510 e. The first-order valence-electron chi connectivity index (χ1n) is 10.7. The number of ether oxygens (including phenoxy) is 1. The predicted molar refractivity (Wildman–Crippen MR) is 119 cm³/mol. The second kappa shape index (κ2) is 10.9. The summed E-state index contributed by atoms with van der Waals surface area (Å²) in [6.45, 7) is 0.473. The first-order valence-corrected chi connectivity index (χ1v) is 11.5. The van der Waals surface area contributed by atoms with Gasteiger partial charge in [0.1, 0.15) is 10.6 Å². The Hall–Kier alpha value is -2.81. The molecule has 1 aromatic carbocycles. The summed E-state index contributed by atoms with van der Waals surface area (Å²) in [4.78, 5) is 27.1. The van der Waals surface area contributed by atoms with Crippen molar-refractivity contribution in [2.75, 3.05) is 13.7 Å². The van der Waals surface area contributed by atoms with Crippen LogP contribution < -0.4 is 0 Å². The number of halogens is 3. The number of alkyl halides is 3. The number of allylic oxidation sites excluding steroid dienone is 1. The van der Waals surface area contributed by atoms with Crippen molar-refractivity contribution in [3.8, 4) is 0 Å². The Balaban J connectivity index is 1.53. The highest BCUT2D eigenvalue weighted by atomic mass is 32.1. The molecular formula is C24H26F3NO4S. The summed E-state index contributed by atoms with van der Waals surface area (Å²) in [5.41, 5.74) is -0.152. The van der Waals surface area contributed by atoms with Gasteiger partial charge < -0.3 is 14.7 Å². The van der Waals surface area contributed by atoms with E-state index >= 15 is 0 Å². The van der Waals surface area contributed by atoms with Crippen molar-refractivity contribution in [2.24, 2.45) is 0 Å². The second-order valence-electron chi connectivity index (χ2n) is 7.87. The van der Waals surface area contributed by atoms with E-state index < -0.39 is 17.8 Å². The van der Waals surface area contributed by atoms with Crippen molar-refractivity contribution in [1.82, 2.24) is 4.90 Å². The van der Waals surface area contributed by atoms with Crippen molar-refractivity contribution < 1.29 is 32.6 Å². The predicted octanol–water partition coefficient (Wildman–Crippen LogP) is 5.55. The number of amides is 1. The number of carbonyl (C=O) groups excluding carboxylic acids is 2. The summed E-state index contributed by atoms with van der Waals surface area (Å²) < 4.78 is 43.3. The van der Waals surface area contributed by atoms with Gasteiger partial charge in [-0.15, -0.1) is 11.3 Å². The van der Waals surface area contributed by atoms with Crippen LogP contribution in [0.25, 0.3) is 0 Å². The van der Waals surface area contributed by atoms with E-state index in [1.807, 2.05) is 6.07 Å². The quantitative estimate of drug-likeness (QED) is 0.377. The molecule has 1 atom stereocenters. The van der Waals surface area contributed by atoms with Gasteiger partial charge in [-0.3, -0.25) is 4.79 Å². The summed E-state index contributed by atoms with van der Waals surface area (Å²) in [7, 11) is 1.33. The number of esters is 1. The molecule has 9 heteroatoms. The number of benzene rings is 1. The molecule has 1 saturated heterocycles. The van der Waals surface area contributed by atoms with Crippen LogP contribution in [0.5, 0.6) is 0 Å². The molecule has 1 aromatic heterocycles. The summed E-state index contributed by atoms with van der Waals surface area (Å²) in [5.74, 6) is -0.322. The van der Waals surface area contributed by atoms with Crippen LogP contribution in [-0.4, -0.2) is 41.6 Å². The van der Waals surface area contributed by atoms with Crippen molar-refractivity contribution in [3.05, 3.63) is 69.1 Å². The number of rotatable bonds is 9. The maximum Gasteiger partial charge on any atom is 0.416 e. The number of hydrogen-bond acceptors (Lipinski definition) is 5. The Morgan fingerprint density at radius 2 is 2.06 bits per heavy atom. The highest BCUT2D eigenvalue weighted by Crippen LogP contribution is 2.30. The molecule has 1 aliphatic heterocycles. The van der Waals surface area contributed by atoms with Crippen molar-refractivity contribution >= 4 is 23.2 Å². The number of thiophene rings is 1. The van der Waals surface area contributed by atoms with Crippen LogP contribution in [0.15, 0.2) is 48.2 Å². The molecule has 1 unspecified atom stereocenters. The van der Waals surface area contributed by atoms with E-state index in [0.717, 1.165) is 17.0 Å². The van der Waals surface area contributed by atoms with E-state index in [0.29, 0.717) is 55.5 Å². The number of likely N-dealkylation sites (tertiary alicyclic amines) is 1. The maximum atomic E-state index is 12.9. The SMILES string of the molecule is COC(=O)c1ccc(CCCN2C(=O)CCC2/C(O)=C/CCc2cccc(C(F)(F)F)c2)s1. The van der Waals surface area contributed by atoms with Gasteiger partial charge in [-0.05, 0) is 61.9 Å². The Labute approximate surface area is 194 Å². The molecule has 33 heavy (non-hydrogen) atoms. The van der Waals surface area contributed by atoms with Gasteiger partial charge in [-0.1, -0.05) is 18.2 Å². The summed E-state index contributed by atoms with van der Waals surface area (Å²) in [6.07, 6.45) is 0.171. The van der Waals surface area contributed by atoms with Gasteiger partial charge in [0.25, 0.3) is 0 Å². The minimum Gasteiger partial charge on any atom is -0.510 e. The number of hydrogen-bond donors (Lipinski definition) is 1. The third-order valence-corrected chi connectivity index (χ3v) is 6.71. The molecule has 2 heterocycles. The lowest BCUT2D eigenvalue weighted by Crippen LogP contribution is -2.35. The molecule has 1 fully saturated rings. The van der Waals surface area contributed by atoms with Gasteiger partial charge in [-0.25, -0.2) is 4.79 Å². The molecule has 0 aliphatic carbocycles. The van der Waals surface area contributed by atoms with Crippen LogP contribution in [0.4, 0.5) is 13.2 Å². The van der Waals surface area contributed by atoms with Crippen LogP contribution in [0, 0.1) is 0 Å². The third-order valence-electron chi connectivity index (χ3n) is 5.58. The zero-order chi connectivity index (χ0) is 24.0. The lowest BCUT2D eigenvalue weighted by Gasteiger charge is -2.24. The second-order valence-corrected chi connectivity index (χ2v) is 9.04. The molecule has 1 N–H and O–H groups in total. The molecule has 178 valence electrons. The van der Waals surface area contributed by atoms with Gasteiger partial charge in [0.15, 0.2) is 0 Å². The molecule has 3 rings (SSSR count). The van der Waals surface area contributed by atoms with Crippen molar-refractivity contribution in [2.45, 2.75) is 50.7 Å². The highest BCUT2D eigenvalue weighted by Gasteiger charge is 2.33. The van der Waals surface area contributed by atoms with Crippen molar-refractivity contribution in [3.63, 3.8) is 0 Å². The third kappa shape index (κ3) is 6.60. The number of nitrogens with zero attached hydrogens (tertiary/aromatic N) is 1. The Morgan fingerprint density at radius 3 is 2.79 bits per heavy atom. The van der Waals surface area contributed by atoms with E-state index in [2.05, 4.69) is 0 Å². The molecule has 0 saturated carbocycles. The van der Waals surface area contributed by atoms with Crippen LogP contribution in [0.1, 0.15) is 51.4 Å². The number of methoxy groups -OCH3 is 1. The normalized spacial score (nSPS) is 17.0. The molecule has 0 radical (unpaired) electrons. The lowest BCUT2D eigenvalue weighted by atomic mass is 10.0. The average molecular weight is 482 g/mol. The molecular weight excluding hydrogens is 455 g/mol. The zero-order valence-electron chi connectivity index (χ0n) is 18.2. The molecule has 0 bridgehead atoms. The highest BCUT2D eigenvalue weighted by molar-refractivity contribution is 7.13. The minimum atomic E-state index is -4.39. The Morgan fingerprint density at radius 1 is 1.27 bits per heavy atom. The van der Waals surface area contributed by atoms with E-state index in [-0.39, 0.29) is 17.6 Å². The van der Waals surface area contributed by atoms with E-state index in [1.165, 1.54) is 24.5 Å². The fraction of sp³-hybridized carbons (Fsp3) is 0.417. The van der Waals surface area contributed by atoms with Crippen LogP contribution in [-0.2, 0) is 28.5 Å². The fourth-order valence-electron chi connectivity index (χ4n) is 3.89. The smallest absolute Gasteiger partial charge is 0.416 e. The van der Waals surface area contributed by atoms with Gasteiger partial charge in [0.05, 0.1) is 18.7 Å². The number of carbonyl (C=O) groups is 2. The summed E-state index contributed by atoms with van der Waals surface area (Å²) in [5, 5.41) is 10.5. The average Bonchev–Trinajstić information content (AvgIpc) is 3.40. The molecule has 0 spiro atoms. The monoisotopic (exact) mass is 481 g/mol. The van der Waals surface area contributed by atoms with E-state index in [1.54, 1.807) is 23.1 Å². The van der Waals surface area contributed by atoms with Crippen LogP contribution >= 0.6 is 11.3 Å². The minimum absolute atomic E-state index is 0.0285. The molecule has 1 aliphatic rings. The van der Waals surface area contributed by atoms with Crippen LogP contribution in [0.2, 0.25) is 0 Å². The van der Waals surface area contributed by atoms with Crippen LogP contribution in [0.3, 0.4) is 0 Å². The van der Waals surface area contributed by atoms with Gasteiger partial charge in [0, 0.05) is 17.8 Å². The summed E-state index contributed by atoms with van der Waals surface area (Å²) >= 11 is 1.36. The Kier molecular flexibility index (Phi) is 8.18. The number of aryl methyl sites for hydroxylation is 2. The van der Waals surface area contributed by atoms with E-state index in [4.69, 9.17) is 4.74 Å². The lowest BCUT2D eigenvalue weighted by molar-refractivity contribution is -0.137. The molecule has 2 aromatic rings. The first kappa shape index (κ1) is 24.8. The molecule has 5 nitrogen and oxygen atoms in total. The maximum absolute atomic E-state index is 12.9. The van der Waals surface area contributed by atoms with Gasteiger partial charge in [0.2, 0.25) is 5.91 Å². The van der Waals surface area contributed by atoms with Gasteiger partial charge in [-0.2, -0.15) is 13.2 Å². The topological polar surface area (TPSA) is 66.8 Å². The first-order chi connectivity index (χ1) is 15.7. The fourth-order valence-corrected chi connectivity index (χ4v) is 4.86. The number of aliphatic hydroxyl groups is 1. The standard InChI is InChI=1S/C24H26F3NO4S/c1-32-23(31)21-12-10-18(33-21)8-4-14-28-19(11-13-22(28)30)20(29)9-3-6-16-5-2-7-17(15-16)24(25,26)27/h2,5,7,9-10,12,15,19,29H,3-4,6,8,11,13-14H2,1H3/b20-9-. The molecule has 1 amide bonds.